The lowest BCUT2D eigenvalue weighted by atomic mass is 10.5. The van der Waals surface area contributed by atoms with E-state index in [-0.39, 0.29) is 6.61 Å². The van der Waals surface area contributed by atoms with Gasteiger partial charge in [0, 0.05) is 30.4 Å². The Morgan fingerprint density at radius 3 is 1.88 bits per heavy atom. The van der Waals surface area contributed by atoms with Crippen LogP contribution in [0, 0.1) is 0 Å². The van der Waals surface area contributed by atoms with Crippen LogP contribution in [0.25, 0.3) is 0 Å². The number of rotatable bonds is 11. The summed E-state index contributed by atoms with van der Waals surface area (Å²) < 4.78 is 31.8. The molecule has 0 aromatic heterocycles. The Labute approximate surface area is 105 Å². The van der Waals surface area contributed by atoms with Gasteiger partial charge in [0.15, 0.2) is 0 Å². The first-order chi connectivity index (χ1) is 8.10. The van der Waals surface area contributed by atoms with E-state index in [2.05, 4.69) is 4.52 Å². The Kier molecular flexibility index (Phi) is 10.1. The van der Waals surface area contributed by atoms with Gasteiger partial charge in [-0.1, -0.05) is 0 Å². The summed E-state index contributed by atoms with van der Waals surface area (Å²) in [6.45, 7) is 7.46. The molecular formula is C9H22O6PSi+. The van der Waals surface area contributed by atoms with E-state index in [1.54, 1.807) is 0 Å². The van der Waals surface area contributed by atoms with Crippen molar-refractivity contribution in [3.63, 3.8) is 0 Å². The maximum absolute atomic E-state index is 10.3. The van der Waals surface area contributed by atoms with E-state index in [1.165, 1.54) is 0 Å². The molecule has 0 rings (SSSR count). The minimum absolute atomic E-state index is 0.202. The van der Waals surface area contributed by atoms with Crippen molar-refractivity contribution in [3.8, 4) is 0 Å². The third kappa shape index (κ3) is 7.94. The molecule has 0 aliphatic rings. The highest BCUT2D eigenvalue weighted by atomic mass is 31.1. The maximum Gasteiger partial charge on any atom is 0.694 e. The minimum Gasteiger partial charge on any atom is -0.374 e. The van der Waals surface area contributed by atoms with Gasteiger partial charge in [-0.05, 0) is 27.2 Å². The van der Waals surface area contributed by atoms with Crippen LogP contribution in [0.15, 0.2) is 0 Å². The highest BCUT2D eigenvalue weighted by Gasteiger charge is 2.39. The van der Waals surface area contributed by atoms with Crippen molar-refractivity contribution in [1.82, 2.24) is 0 Å². The van der Waals surface area contributed by atoms with Crippen LogP contribution >= 0.6 is 8.25 Å². The molecule has 0 saturated heterocycles. The van der Waals surface area contributed by atoms with Gasteiger partial charge in [-0.25, -0.2) is 0 Å². The molecule has 0 aliphatic carbocycles. The van der Waals surface area contributed by atoms with Crippen LogP contribution in [0.1, 0.15) is 27.2 Å². The third-order valence-corrected chi connectivity index (χ3v) is 5.48. The van der Waals surface area contributed by atoms with Crippen molar-refractivity contribution in [3.05, 3.63) is 0 Å². The molecule has 0 fully saturated rings. The summed E-state index contributed by atoms with van der Waals surface area (Å²) in [7, 11) is -5.15. The summed E-state index contributed by atoms with van der Waals surface area (Å²) in [6, 6.07) is 0.589. The van der Waals surface area contributed by atoms with Crippen molar-refractivity contribution in [1.29, 1.82) is 0 Å². The second kappa shape index (κ2) is 10.1. The predicted molar refractivity (Wildman–Crippen MR) is 65.8 cm³/mol. The van der Waals surface area contributed by atoms with Gasteiger partial charge in [-0.15, -0.1) is 9.42 Å². The lowest BCUT2D eigenvalue weighted by molar-refractivity contribution is 0.0695. The zero-order valence-corrected chi connectivity index (χ0v) is 12.6. The Balaban J connectivity index is 4.18. The zero-order chi connectivity index (χ0) is 13.1. The molecule has 1 unspecified atom stereocenters. The second-order valence-electron chi connectivity index (χ2n) is 3.16. The van der Waals surface area contributed by atoms with Crippen molar-refractivity contribution >= 4 is 17.1 Å². The predicted octanol–water partition coefficient (Wildman–Crippen LogP) is 2.09. The Hall–Kier alpha value is 0.117. The third-order valence-electron chi connectivity index (χ3n) is 1.92. The first kappa shape index (κ1) is 17.1. The van der Waals surface area contributed by atoms with Gasteiger partial charge in [0.1, 0.15) is 6.61 Å². The highest BCUT2D eigenvalue weighted by molar-refractivity contribution is 7.32. The fraction of sp³-hybridized carbons (Fsp3) is 1.00. The molecule has 0 radical (unpaired) electrons. The lowest BCUT2D eigenvalue weighted by Gasteiger charge is -2.28. The molecule has 0 aromatic carbocycles. The summed E-state index contributed by atoms with van der Waals surface area (Å²) >= 11 is 0. The summed E-state index contributed by atoms with van der Waals surface area (Å²) in [4.78, 5) is 8.50. The fourth-order valence-corrected chi connectivity index (χ4v) is 4.30. The Morgan fingerprint density at radius 2 is 1.53 bits per heavy atom. The average Bonchev–Trinajstić information content (AvgIpc) is 2.25. The molecule has 102 valence electrons. The molecule has 1 atom stereocenters. The van der Waals surface area contributed by atoms with Gasteiger partial charge in [-0.2, -0.15) is 0 Å². The standard InChI is InChI=1S/C9H21O6PSi/c1-4-13-17(14-5-2,15-6-3)9-7-8-12-16(10)11/h4-9H2,1-3H3/p+1. The molecular weight excluding hydrogens is 263 g/mol. The molecule has 6 nitrogen and oxygen atoms in total. The molecule has 0 heterocycles. The topological polar surface area (TPSA) is 74.2 Å². The van der Waals surface area contributed by atoms with Gasteiger partial charge in [-0.3, -0.25) is 0 Å². The van der Waals surface area contributed by atoms with E-state index in [0.29, 0.717) is 32.3 Å². The summed E-state index contributed by atoms with van der Waals surface area (Å²) in [5, 5.41) is 0. The van der Waals surface area contributed by atoms with Crippen LogP contribution in [0.5, 0.6) is 0 Å². The van der Waals surface area contributed by atoms with Crippen LogP contribution in [0.4, 0.5) is 0 Å². The van der Waals surface area contributed by atoms with Gasteiger partial charge < -0.3 is 13.3 Å². The normalized spacial score (nSPS) is 12.8. The van der Waals surface area contributed by atoms with E-state index in [1.807, 2.05) is 20.8 Å². The number of hydrogen-bond donors (Lipinski definition) is 1. The Morgan fingerprint density at radius 1 is 1.06 bits per heavy atom. The fourth-order valence-electron chi connectivity index (χ4n) is 1.43. The van der Waals surface area contributed by atoms with E-state index in [9.17, 15) is 4.57 Å². The molecule has 17 heavy (non-hydrogen) atoms. The largest absolute Gasteiger partial charge is 0.694 e. The minimum atomic E-state index is -2.62. The van der Waals surface area contributed by atoms with Crippen LogP contribution in [0.2, 0.25) is 6.04 Å². The second-order valence-corrected chi connectivity index (χ2v) is 6.62. The van der Waals surface area contributed by atoms with Crippen molar-refractivity contribution in [2.24, 2.45) is 0 Å². The summed E-state index contributed by atoms with van der Waals surface area (Å²) in [5.74, 6) is 0. The lowest BCUT2D eigenvalue weighted by Crippen LogP contribution is -2.46. The molecule has 0 aliphatic heterocycles. The van der Waals surface area contributed by atoms with E-state index in [4.69, 9.17) is 18.2 Å². The van der Waals surface area contributed by atoms with Crippen molar-refractivity contribution in [2.75, 3.05) is 26.4 Å². The first-order valence-corrected chi connectivity index (χ1v) is 8.87. The summed E-state index contributed by atoms with van der Waals surface area (Å²) in [6.07, 6.45) is 0.577. The highest BCUT2D eigenvalue weighted by Crippen LogP contribution is 2.20. The van der Waals surface area contributed by atoms with Gasteiger partial charge in [0.2, 0.25) is 0 Å². The zero-order valence-electron chi connectivity index (χ0n) is 10.7. The molecule has 0 amide bonds. The SMILES string of the molecule is CCO[Si](CCCO[P+](=O)O)(OCC)OCC. The Bertz CT molecular complexity index is 199. The van der Waals surface area contributed by atoms with Gasteiger partial charge >= 0.3 is 17.1 Å². The molecule has 1 N–H and O–H groups in total. The van der Waals surface area contributed by atoms with Gasteiger partial charge in [0.05, 0.1) is 0 Å². The van der Waals surface area contributed by atoms with Gasteiger partial charge in [0.25, 0.3) is 0 Å². The van der Waals surface area contributed by atoms with Crippen LogP contribution < -0.4 is 0 Å². The van der Waals surface area contributed by atoms with Crippen molar-refractivity contribution in [2.45, 2.75) is 33.2 Å². The van der Waals surface area contributed by atoms with Crippen LogP contribution in [-0.2, 0) is 22.4 Å². The van der Waals surface area contributed by atoms with E-state index < -0.39 is 17.1 Å². The quantitative estimate of drug-likeness (QED) is 0.356. The molecule has 8 heteroatoms. The molecule has 0 spiro atoms. The van der Waals surface area contributed by atoms with Crippen molar-refractivity contribution < 1.29 is 27.3 Å². The van der Waals surface area contributed by atoms with E-state index in [0.717, 1.165) is 0 Å². The van der Waals surface area contributed by atoms with Crippen LogP contribution in [-0.4, -0.2) is 40.1 Å². The first-order valence-electron chi connectivity index (χ1n) is 5.81. The number of hydrogen-bond acceptors (Lipinski definition) is 5. The monoisotopic (exact) mass is 285 g/mol. The van der Waals surface area contributed by atoms with Crippen LogP contribution in [0.3, 0.4) is 0 Å². The molecule has 0 aromatic rings. The average molecular weight is 285 g/mol. The molecule has 0 bridgehead atoms. The maximum atomic E-state index is 10.3. The smallest absolute Gasteiger partial charge is 0.374 e. The summed E-state index contributed by atoms with van der Waals surface area (Å²) in [5.41, 5.74) is 0. The van der Waals surface area contributed by atoms with E-state index >= 15 is 0 Å². The molecule has 0 saturated carbocycles.